The van der Waals surface area contributed by atoms with Gasteiger partial charge >= 0.3 is 16.3 Å². The molecule has 0 bridgehead atoms. The van der Waals surface area contributed by atoms with Crippen molar-refractivity contribution >= 4 is 16.0 Å². The maximum absolute atomic E-state index is 13.9. The summed E-state index contributed by atoms with van der Waals surface area (Å²) in [4.78, 5) is 15.1. The first-order chi connectivity index (χ1) is 19.0. The zero-order valence-corrected chi connectivity index (χ0v) is 22.7. The van der Waals surface area contributed by atoms with Crippen LogP contribution in [-0.4, -0.2) is 25.3 Å². The molecule has 0 aromatic heterocycles. The smallest absolute Gasteiger partial charge is 0.379 e. The third kappa shape index (κ3) is 6.90. The van der Waals surface area contributed by atoms with Gasteiger partial charge in [0.05, 0.1) is 11.5 Å². The largest absolute Gasteiger partial charge is 0.416 e. The summed E-state index contributed by atoms with van der Waals surface area (Å²) < 4.78 is 69.4. The van der Waals surface area contributed by atoms with Crippen LogP contribution in [-0.2, 0) is 27.6 Å². The molecule has 0 radical (unpaired) electrons. The fourth-order valence-corrected chi connectivity index (χ4v) is 5.28. The van der Waals surface area contributed by atoms with Crippen molar-refractivity contribution in [3.8, 4) is 5.75 Å². The van der Waals surface area contributed by atoms with Gasteiger partial charge in [-0.15, -0.1) is 0 Å². The van der Waals surface area contributed by atoms with Gasteiger partial charge in [0, 0.05) is 12.6 Å². The number of rotatable bonds is 9. The number of alkyl halides is 3. The highest BCUT2D eigenvalue weighted by Gasteiger charge is 2.32. The summed E-state index contributed by atoms with van der Waals surface area (Å²) in [5, 5.41) is 0. The molecule has 4 aromatic carbocycles. The molecule has 0 aliphatic heterocycles. The summed E-state index contributed by atoms with van der Waals surface area (Å²) in [6.45, 7) is 4.10. The Bertz CT molecular complexity index is 1500. The molecule has 9 heteroatoms. The van der Waals surface area contributed by atoms with E-state index in [2.05, 4.69) is 0 Å². The summed E-state index contributed by atoms with van der Waals surface area (Å²) in [6, 6.07) is 28.4. The van der Waals surface area contributed by atoms with Crippen molar-refractivity contribution in [2.45, 2.75) is 43.4 Å². The van der Waals surface area contributed by atoms with E-state index in [9.17, 15) is 26.4 Å². The molecule has 0 atom stereocenters. The van der Waals surface area contributed by atoms with Gasteiger partial charge in [0.2, 0.25) is 5.91 Å². The van der Waals surface area contributed by atoms with Crippen molar-refractivity contribution in [3.63, 3.8) is 0 Å². The lowest BCUT2D eigenvalue weighted by Crippen LogP contribution is -2.40. The first kappa shape index (κ1) is 28.9. The Morgan fingerprint density at radius 3 is 1.85 bits per heavy atom. The molecule has 0 saturated carbocycles. The number of halogens is 3. The van der Waals surface area contributed by atoms with E-state index >= 15 is 0 Å². The molecule has 0 heterocycles. The Morgan fingerprint density at radius 2 is 1.35 bits per heavy atom. The fraction of sp³-hybridized carbons (Fsp3) is 0.194. The average Bonchev–Trinajstić information content (AvgIpc) is 2.93. The SMILES string of the molecule is CC(C)N(Cc1ccc(OS(=O)(=O)c2cccc(C(F)(F)F)c2)cc1)C(=O)C(c1ccccc1)c1ccccc1. The van der Waals surface area contributed by atoms with E-state index in [1.165, 1.54) is 12.1 Å². The van der Waals surface area contributed by atoms with Crippen LogP contribution < -0.4 is 4.18 Å². The van der Waals surface area contributed by atoms with Crippen LogP contribution in [0.1, 0.15) is 42.0 Å². The first-order valence-corrected chi connectivity index (χ1v) is 14.0. The van der Waals surface area contributed by atoms with E-state index in [4.69, 9.17) is 4.18 Å². The molecule has 0 aliphatic carbocycles. The van der Waals surface area contributed by atoms with Crippen LogP contribution in [0.15, 0.2) is 114 Å². The Kier molecular flexibility index (Phi) is 8.64. The molecule has 40 heavy (non-hydrogen) atoms. The molecule has 0 aliphatic rings. The van der Waals surface area contributed by atoms with Gasteiger partial charge in [-0.1, -0.05) is 78.9 Å². The topological polar surface area (TPSA) is 63.7 Å². The molecule has 0 N–H and O–H groups in total. The Hall–Kier alpha value is -4.11. The molecule has 0 saturated heterocycles. The van der Waals surface area contributed by atoms with Gasteiger partial charge in [-0.05, 0) is 60.9 Å². The summed E-state index contributed by atoms with van der Waals surface area (Å²) in [6.07, 6.45) is -4.69. The van der Waals surface area contributed by atoms with Crippen molar-refractivity contribution in [2.75, 3.05) is 0 Å². The van der Waals surface area contributed by atoms with Crippen molar-refractivity contribution < 1.29 is 30.6 Å². The summed E-state index contributed by atoms with van der Waals surface area (Å²) in [5.74, 6) is -0.653. The van der Waals surface area contributed by atoms with Gasteiger partial charge < -0.3 is 9.08 Å². The summed E-state index contributed by atoms with van der Waals surface area (Å²) in [7, 11) is -4.50. The zero-order chi connectivity index (χ0) is 28.9. The number of hydrogen-bond acceptors (Lipinski definition) is 4. The molecular weight excluding hydrogens is 539 g/mol. The van der Waals surface area contributed by atoms with Gasteiger partial charge in [0.1, 0.15) is 10.6 Å². The van der Waals surface area contributed by atoms with Crippen molar-refractivity contribution in [1.82, 2.24) is 4.90 Å². The zero-order valence-electron chi connectivity index (χ0n) is 21.9. The number of carbonyl (C=O) groups excluding carboxylic acids is 1. The number of benzene rings is 4. The van der Waals surface area contributed by atoms with E-state index in [0.29, 0.717) is 6.07 Å². The molecule has 208 valence electrons. The monoisotopic (exact) mass is 567 g/mol. The van der Waals surface area contributed by atoms with E-state index in [0.717, 1.165) is 34.9 Å². The first-order valence-electron chi connectivity index (χ1n) is 12.6. The van der Waals surface area contributed by atoms with Crippen molar-refractivity contribution in [1.29, 1.82) is 0 Å². The van der Waals surface area contributed by atoms with Crippen LogP contribution in [0.5, 0.6) is 5.75 Å². The maximum Gasteiger partial charge on any atom is 0.416 e. The van der Waals surface area contributed by atoms with Crippen LogP contribution in [0.25, 0.3) is 0 Å². The van der Waals surface area contributed by atoms with Gasteiger partial charge in [0.25, 0.3) is 0 Å². The van der Waals surface area contributed by atoms with Crippen LogP contribution >= 0.6 is 0 Å². The van der Waals surface area contributed by atoms with Crippen molar-refractivity contribution in [2.24, 2.45) is 0 Å². The van der Waals surface area contributed by atoms with E-state index < -0.39 is 32.7 Å². The highest BCUT2D eigenvalue weighted by atomic mass is 32.2. The second-order valence-corrected chi connectivity index (χ2v) is 11.1. The predicted octanol–water partition coefficient (Wildman–Crippen LogP) is 7.04. The minimum atomic E-state index is -4.69. The highest BCUT2D eigenvalue weighted by Crippen LogP contribution is 2.32. The van der Waals surface area contributed by atoms with Crippen molar-refractivity contribution in [3.05, 3.63) is 131 Å². The van der Waals surface area contributed by atoms with E-state index in [-0.39, 0.29) is 24.2 Å². The average molecular weight is 568 g/mol. The quantitative estimate of drug-likeness (QED) is 0.204. The third-order valence-corrected chi connectivity index (χ3v) is 7.59. The van der Waals surface area contributed by atoms with E-state index in [1.807, 2.05) is 74.5 Å². The van der Waals surface area contributed by atoms with Crippen LogP contribution in [0.3, 0.4) is 0 Å². The van der Waals surface area contributed by atoms with E-state index in [1.54, 1.807) is 17.0 Å². The van der Waals surface area contributed by atoms with Crippen LogP contribution in [0.2, 0.25) is 0 Å². The van der Waals surface area contributed by atoms with Gasteiger partial charge in [-0.25, -0.2) is 0 Å². The van der Waals surface area contributed by atoms with Crippen LogP contribution in [0.4, 0.5) is 13.2 Å². The molecule has 1 amide bonds. The maximum atomic E-state index is 13.9. The minimum absolute atomic E-state index is 0.0602. The second-order valence-electron chi connectivity index (χ2n) is 9.52. The predicted molar refractivity (Wildman–Crippen MR) is 146 cm³/mol. The third-order valence-electron chi connectivity index (χ3n) is 6.35. The Labute approximate surface area is 232 Å². The standard InChI is InChI=1S/C31H28F3NO4S/c1-22(2)35(30(36)29(24-10-5-3-6-11-24)25-12-7-4-8-13-25)21-23-16-18-27(19-17-23)39-40(37,38)28-15-9-14-26(20-28)31(32,33)34/h3-20,22,29H,21H2,1-2H3. The Balaban J connectivity index is 1.54. The number of nitrogens with zero attached hydrogens (tertiary/aromatic N) is 1. The molecule has 4 rings (SSSR count). The lowest BCUT2D eigenvalue weighted by molar-refractivity contribution is -0.137. The molecule has 0 unspecified atom stereocenters. The van der Waals surface area contributed by atoms with Gasteiger partial charge in [-0.3, -0.25) is 4.79 Å². The second kappa shape index (κ2) is 12.0. The van der Waals surface area contributed by atoms with Crippen LogP contribution in [0, 0.1) is 0 Å². The molecule has 4 aromatic rings. The highest BCUT2D eigenvalue weighted by molar-refractivity contribution is 7.87. The Morgan fingerprint density at radius 1 is 0.800 bits per heavy atom. The molecular formula is C31H28F3NO4S. The summed E-state index contributed by atoms with van der Waals surface area (Å²) >= 11 is 0. The molecule has 0 spiro atoms. The number of carbonyl (C=O) groups is 1. The molecule has 5 nitrogen and oxygen atoms in total. The normalized spacial score (nSPS) is 12.0. The lowest BCUT2D eigenvalue weighted by Gasteiger charge is -2.31. The van der Waals surface area contributed by atoms with Gasteiger partial charge in [0.15, 0.2) is 0 Å². The summed E-state index contributed by atoms with van der Waals surface area (Å²) in [5.41, 5.74) is 1.38. The minimum Gasteiger partial charge on any atom is -0.379 e. The molecule has 0 fully saturated rings. The number of amides is 1. The van der Waals surface area contributed by atoms with Gasteiger partial charge in [-0.2, -0.15) is 21.6 Å². The number of hydrogen-bond donors (Lipinski definition) is 0. The lowest BCUT2D eigenvalue weighted by atomic mass is 9.89. The fourth-order valence-electron chi connectivity index (χ4n) is 4.30.